The second-order valence-corrected chi connectivity index (χ2v) is 9.82. The topological polar surface area (TPSA) is 66.9 Å². The van der Waals surface area contributed by atoms with Crippen LogP contribution in [0.4, 0.5) is 10.1 Å². The van der Waals surface area contributed by atoms with Gasteiger partial charge >= 0.3 is 5.97 Å². The van der Waals surface area contributed by atoms with Gasteiger partial charge in [-0.1, -0.05) is 25.4 Å². The average molecular weight is 455 g/mol. The van der Waals surface area contributed by atoms with E-state index < -0.39 is 16.0 Å². The minimum atomic E-state index is -3.89. The van der Waals surface area contributed by atoms with E-state index in [1.54, 1.807) is 12.1 Å². The van der Waals surface area contributed by atoms with Gasteiger partial charge in [0.05, 0.1) is 17.2 Å². The van der Waals surface area contributed by atoms with Crippen molar-refractivity contribution in [1.82, 2.24) is 4.31 Å². The van der Waals surface area contributed by atoms with Crippen LogP contribution in [0.2, 0.25) is 5.02 Å². The molecule has 2 aromatic carbocycles. The summed E-state index contributed by atoms with van der Waals surface area (Å²) in [5, 5.41) is 0.0522. The summed E-state index contributed by atoms with van der Waals surface area (Å²) in [4.78, 5) is 14.1. The molecule has 0 spiro atoms. The first-order valence-corrected chi connectivity index (χ1v) is 11.5. The molecule has 1 saturated heterocycles. The van der Waals surface area contributed by atoms with Crippen LogP contribution in [0.25, 0.3) is 0 Å². The molecule has 1 fully saturated rings. The second-order valence-electron chi connectivity index (χ2n) is 7.51. The molecule has 0 radical (unpaired) electrons. The molecule has 0 saturated carbocycles. The number of nitrogens with zero attached hydrogens (tertiary/aromatic N) is 2. The Bertz CT molecular complexity index is 1000. The monoisotopic (exact) mass is 454 g/mol. The number of rotatable bonds is 6. The fourth-order valence-corrected chi connectivity index (χ4v) is 5.05. The maximum Gasteiger partial charge on any atom is 0.338 e. The normalized spacial score (nSPS) is 15.4. The van der Waals surface area contributed by atoms with Crippen LogP contribution in [0.1, 0.15) is 24.2 Å². The SMILES string of the molecule is CC(C)COC(=O)c1ccc(Cl)c(S(=O)(=O)N2CCN(c3ccc(F)cc3)CC2)c1. The van der Waals surface area contributed by atoms with Gasteiger partial charge in [0.15, 0.2) is 0 Å². The number of hydrogen-bond acceptors (Lipinski definition) is 5. The highest BCUT2D eigenvalue weighted by Crippen LogP contribution is 2.28. The zero-order valence-electron chi connectivity index (χ0n) is 16.8. The van der Waals surface area contributed by atoms with Gasteiger partial charge in [-0.3, -0.25) is 0 Å². The molecule has 0 bridgehead atoms. The molecule has 30 heavy (non-hydrogen) atoms. The van der Waals surface area contributed by atoms with Crippen LogP contribution in [-0.2, 0) is 14.8 Å². The standard InChI is InChI=1S/C21H24ClFN2O4S/c1-15(2)14-29-21(26)16-3-8-19(22)20(13-16)30(27,28)25-11-9-24(10-12-25)18-6-4-17(23)5-7-18/h3-8,13,15H,9-12,14H2,1-2H3. The molecule has 1 heterocycles. The van der Waals surface area contributed by atoms with E-state index in [4.69, 9.17) is 16.3 Å². The van der Waals surface area contributed by atoms with Crippen molar-refractivity contribution < 1.29 is 22.3 Å². The summed E-state index contributed by atoms with van der Waals surface area (Å²) >= 11 is 6.17. The fraction of sp³-hybridized carbons (Fsp3) is 0.381. The molecular weight excluding hydrogens is 431 g/mol. The van der Waals surface area contributed by atoms with Crippen LogP contribution in [-0.4, -0.2) is 51.5 Å². The van der Waals surface area contributed by atoms with Crippen LogP contribution < -0.4 is 4.90 Å². The predicted octanol–water partition coefficient (Wildman–Crippen LogP) is 3.80. The van der Waals surface area contributed by atoms with Crippen molar-refractivity contribution in [3.63, 3.8) is 0 Å². The van der Waals surface area contributed by atoms with Crippen molar-refractivity contribution in [3.8, 4) is 0 Å². The third-order valence-electron chi connectivity index (χ3n) is 4.76. The van der Waals surface area contributed by atoms with Crippen LogP contribution >= 0.6 is 11.6 Å². The van der Waals surface area contributed by atoms with Crippen molar-refractivity contribution in [3.05, 3.63) is 58.9 Å². The maximum atomic E-state index is 13.2. The number of anilines is 1. The summed E-state index contributed by atoms with van der Waals surface area (Å²) in [6, 6.07) is 10.2. The molecule has 0 atom stereocenters. The Balaban J connectivity index is 1.74. The van der Waals surface area contributed by atoms with Gasteiger partial charge in [-0.05, 0) is 48.4 Å². The molecular formula is C21H24ClFN2O4S. The van der Waals surface area contributed by atoms with E-state index in [2.05, 4.69) is 0 Å². The number of benzene rings is 2. The summed E-state index contributed by atoms with van der Waals surface area (Å²) in [6.07, 6.45) is 0. The summed E-state index contributed by atoms with van der Waals surface area (Å²) in [5.74, 6) is -0.735. The highest BCUT2D eigenvalue weighted by Gasteiger charge is 2.31. The first-order chi connectivity index (χ1) is 14.2. The lowest BCUT2D eigenvalue weighted by Gasteiger charge is -2.35. The van der Waals surface area contributed by atoms with Crippen LogP contribution in [0.5, 0.6) is 0 Å². The quantitative estimate of drug-likeness (QED) is 0.621. The Morgan fingerprint density at radius 1 is 1.10 bits per heavy atom. The number of sulfonamides is 1. The molecule has 0 amide bonds. The van der Waals surface area contributed by atoms with E-state index in [1.807, 2.05) is 18.7 Å². The lowest BCUT2D eigenvalue weighted by Crippen LogP contribution is -2.48. The molecule has 2 aromatic rings. The molecule has 0 N–H and O–H groups in total. The highest BCUT2D eigenvalue weighted by molar-refractivity contribution is 7.89. The minimum Gasteiger partial charge on any atom is -0.462 e. The number of piperazine rings is 1. The summed E-state index contributed by atoms with van der Waals surface area (Å²) in [5.41, 5.74) is 0.977. The van der Waals surface area contributed by atoms with Gasteiger partial charge in [0.1, 0.15) is 10.7 Å². The van der Waals surface area contributed by atoms with Gasteiger partial charge in [0.25, 0.3) is 0 Å². The summed E-state index contributed by atoms with van der Waals surface area (Å²) in [6.45, 7) is 5.48. The van der Waals surface area contributed by atoms with Gasteiger partial charge in [-0.15, -0.1) is 0 Å². The summed E-state index contributed by atoms with van der Waals surface area (Å²) < 4.78 is 46.0. The van der Waals surface area contributed by atoms with Gasteiger partial charge < -0.3 is 9.64 Å². The largest absolute Gasteiger partial charge is 0.462 e. The molecule has 1 aliphatic rings. The van der Waals surface area contributed by atoms with Gasteiger partial charge in [-0.25, -0.2) is 17.6 Å². The lowest BCUT2D eigenvalue weighted by atomic mass is 10.2. The molecule has 9 heteroatoms. The van der Waals surface area contributed by atoms with Crippen molar-refractivity contribution in [2.24, 2.45) is 5.92 Å². The Labute approximate surface area is 181 Å². The van der Waals surface area contributed by atoms with Crippen LogP contribution in [0.15, 0.2) is 47.4 Å². The second kappa shape index (κ2) is 9.32. The van der Waals surface area contributed by atoms with Gasteiger partial charge in [0, 0.05) is 31.9 Å². The van der Waals surface area contributed by atoms with Gasteiger partial charge in [-0.2, -0.15) is 4.31 Å². The van der Waals surface area contributed by atoms with Crippen molar-refractivity contribution in [2.75, 3.05) is 37.7 Å². The fourth-order valence-electron chi connectivity index (χ4n) is 3.13. The van der Waals surface area contributed by atoms with Crippen molar-refractivity contribution in [2.45, 2.75) is 18.7 Å². The summed E-state index contributed by atoms with van der Waals surface area (Å²) in [7, 11) is -3.89. The average Bonchev–Trinajstić information content (AvgIpc) is 2.73. The number of esters is 1. The van der Waals surface area contributed by atoms with E-state index in [1.165, 1.54) is 34.6 Å². The number of ether oxygens (including phenoxy) is 1. The van der Waals surface area contributed by atoms with Crippen molar-refractivity contribution >= 4 is 33.3 Å². The molecule has 0 aromatic heterocycles. The molecule has 162 valence electrons. The first kappa shape index (κ1) is 22.5. The Morgan fingerprint density at radius 3 is 2.33 bits per heavy atom. The van der Waals surface area contributed by atoms with Gasteiger partial charge in [0.2, 0.25) is 10.0 Å². The number of halogens is 2. The molecule has 6 nitrogen and oxygen atoms in total. The third kappa shape index (κ3) is 5.11. The predicted molar refractivity (Wildman–Crippen MR) is 114 cm³/mol. The van der Waals surface area contributed by atoms with Crippen LogP contribution in [0.3, 0.4) is 0 Å². The number of hydrogen-bond donors (Lipinski definition) is 0. The molecule has 1 aliphatic heterocycles. The third-order valence-corrected chi connectivity index (χ3v) is 7.14. The molecule has 0 unspecified atom stereocenters. The Hall–Kier alpha value is -2.16. The van der Waals surface area contributed by atoms with E-state index >= 15 is 0 Å². The Kier molecular flexibility index (Phi) is 7.00. The molecule has 0 aliphatic carbocycles. The highest BCUT2D eigenvalue weighted by atomic mass is 35.5. The van der Waals surface area contributed by atoms with E-state index in [0.29, 0.717) is 13.1 Å². The van der Waals surface area contributed by atoms with E-state index in [9.17, 15) is 17.6 Å². The molecule has 3 rings (SSSR count). The number of carbonyl (C=O) groups excluding carboxylic acids is 1. The van der Waals surface area contributed by atoms with E-state index in [0.717, 1.165) is 5.69 Å². The zero-order valence-corrected chi connectivity index (χ0v) is 18.4. The minimum absolute atomic E-state index is 0.0522. The first-order valence-electron chi connectivity index (χ1n) is 9.66. The van der Waals surface area contributed by atoms with Crippen molar-refractivity contribution in [1.29, 1.82) is 0 Å². The smallest absolute Gasteiger partial charge is 0.338 e. The maximum absolute atomic E-state index is 13.2. The lowest BCUT2D eigenvalue weighted by molar-refractivity contribution is 0.0458. The zero-order chi connectivity index (χ0) is 21.9. The Morgan fingerprint density at radius 2 is 1.73 bits per heavy atom. The van der Waals surface area contributed by atoms with Crippen LogP contribution in [0, 0.1) is 11.7 Å². The number of carbonyl (C=O) groups is 1. The van der Waals surface area contributed by atoms with E-state index in [-0.39, 0.29) is 46.9 Å².